The highest BCUT2D eigenvalue weighted by atomic mass is 28.4. The van der Waals surface area contributed by atoms with Gasteiger partial charge in [0.05, 0.1) is 6.54 Å². The van der Waals surface area contributed by atoms with Crippen LogP contribution in [-0.4, -0.2) is 63.1 Å². The zero-order chi connectivity index (χ0) is 35.6. The molecule has 5 amide bonds. The summed E-state index contributed by atoms with van der Waals surface area (Å²) in [6.45, 7) is 13.0. The highest BCUT2D eigenvalue weighted by Crippen LogP contribution is 2.33. The number of aryl methyl sites for hydroxylation is 1. The van der Waals surface area contributed by atoms with Crippen molar-refractivity contribution in [2.24, 2.45) is 11.7 Å². The fraction of sp³-hybridized carbons (Fsp3) is 0.571. The van der Waals surface area contributed by atoms with Crippen LogP contribution in [0.5, 0.6) is 0 Å². The Bertz CT molecular complexity index is 1240. The lowest BCUT2D eigenvalue weighted by Crippen LogP contribution is -2.51. The molecule has 0 spiro atoms. The van der Waals surface area contributed by atoms with Gasteiger partial charge >= 0.3 is 0 Å². The first-order valence-corrected chi connectivity index (χ1v) is 18.7. The topological polar surface area (TPSA) is 159 Å². The molecule has 47 heavy (non-hydrogen) atoms. The number of hydrogen-bond donors (Lipinski definition) is 5. The third-order valence-corrected chi connectivity index (χ3v) is 12.5. The van der Waals surface area contributed by atoms with Gasteiger partial charge in [-0.2, -0.15) is 0 Å². The van der Waals surface area contributed by atoms with Gasteiger partial charge in [0.15, 0.2) is 0 Å². The largest absolute Gasteiger partial charge is 0.368 e. The van der Waals surface area contributed by atoms with Crippen molar-refractivity contribution in [1.29, 1.82) is 0 Å². The number of nitrogens with two attached hydrogens (primary N) is 1. The van der Waals surface area contributed by atoms with Gasteiger partial charge in [-0.1, -0.05) is 97.0 Å². The molecular formula is C35H56FN5O5Si. The molecule has 0 saturated carbocycles. The monoisotopic (exact) mass is 673 g/mol. The van der Waals surface area contributed by atoms with Gasteiger partial charge in [-0.3, -0.25) is 24.0 Å². The van der Waals surface area contributed by atoms with Crippen molar-refractivity contribution in [3.05, 3.63) is 54.1 Å². The van der Waals surface area contributed by atoms with Crippen molar-refractivity contribution in [2.45, 2.75) is 110 Å². The van der Waals surface area contributed by atoms with E-state index in [1.807, 2.05) is 97.0 Å². The van der Waals surface area contributed by atoms with Crippen molar-refractivity contribution in [2.75, 3.05) is 13.1 Å². The van der Waals surface area contributed by atoms with Crippen molar-refractivity contribution >= 4 is 43.1 Å². The Morgan fingerprint density at radius 1 is 0.872 bits per heavy atom. The maximum atomic E-state index is 16.1. The van der Waals surface area contributed by atoms with E-state index in [1.54, 1.807) is 0 Å². The van der Waals surface area contributed by atoms with E-state index < -0.39 is 44.1 Å². The smallest absolute Gasteiger partial charge is 0.282 e. The molecule has 0 aliphatic carbocycles. The van der Waals surface area contributed by atoms with Crippen LogP contribution in [0.3, 0.4) is 0 Å². The van der Waals surface area contributed by atoms with Crippen LogP contribution in [0, 0.1) is 5.92 Å². The first-order chi connectivity index (χ1) is 22.1. The van der Waals surface area contributed by atoms with E-state index in [4.69, 9.17) is 5.73 Å². The van der Waals surface area contributed by atoms with Gasteiger partial charge < -0.3 is 31.1 Å². The molecule has 2 atom stereocenters. The zero-order valence-corrected chi connectivity index (χ0v) is 30.2. The summed E-state index contributed by atoms with van der Waals surface area (Å²) in [5.41, 5.74) is 5.84. The molecule has 0 aromatic heterocycles. The van der Waals surface area contributed by atoms with E-state index >= 15 is 4.11 Å². The van der Waals surface area contributed by atoms with Crippen LogP contribution in [0.1, 0.15) is 86.1 Å². The molecule has 0 fully saturated rings. The van der Waals surface area contributed by atoms with Crippen LogP contribution in [0.4, 0.5) is 4.11 Å². The molecule has 262 valence electrons. The Morgan fingerprint density at radius 3 is 2.11 bits per heavy atom. The minimum absolute atomic E-state index is 0.00549. The second-order valence-corrected chi connectivity index (χ2v) is 17.2. The van der Waals surface area contributed by atoms with Gasteiger partial charge in [0.1, 0.15) is 12.1 Å². The maximum absolute atomic E-state index is 16.1. The second-order valence-electron chi connectivity index (χ2n) is 12.8. The first-order valence-electron chi connectivity index (χ1n) is 16.7. The number of carbonyl (C=O) groups excluding carboxylic acids is 5. The summed E-state index contributed by atoms with van der Waals surface area (Å²) in [6.07, 6.45) is 9.77. The second kappa shape index (κ2) is 21.1. The average molecular weight is 674 g/mol. The number of halogens is 1. The molecule has 0 bridgehead atoms. The van der Waals surface area contributed by atoms with Crippen LogP contribution >= 0.6 is 0 Å². The van der Waals surface area contributed by atoms with Crippen molar-refractivity contribution in [3.63, 3.8) is 0 Å². The summed E-state index contributed by atoms with van der Waals surface area (Å²) in [5, 5.41) is 11.3. The quantitative estimate of drug-likeness (QED) is 0.0765. The molecule has 6 N–H and O–H groups in total. The van der Waals surface area contributed by atoms with Gasteiger partial charge in [-0.15, -0.1) is 0 Å². The molecule has 10 nitrogen and oxygen atoms in total. The SMILES string of the molecule is CC/C=C\C=C/CC[C@H](NC(=O)CCNC(=O)C(NC(=O)CCc1cccc([Si](F)(C(C)C)C(C)C)c1)C(C)C)C(=O)NCC(N)=O. The van der Waals surface area contributed by atoms with Crippen LogP contribution < -0.4 is 32.2 Å². The van der Waals surface area contributed by atoms with Crippen molar-refractivity contribution < 1.29 is 28.1 Å². The van der Waals surface area contributed by atoms with E-state index in [0.29, 0.717) is 19.3 Å². The summed E-state index contributed by atoms with van der Waals surface area (Å²) in [5.74, 6) is -2.63. The molecule has 1 unspecified atom stereocenters. The minimum atomic E-state index is -3.20. The van der Waals surface area contributed by atoms with Gasteiger partial charge in [-0.25, -0.2) is 0 Å². The van der Waals surface area contributed by atoms with E-state index in [1.165, 1.54) is 0 Å². The van der Waals surface area contributed by atoms with Gasteiger partial charge in [0.2, 0.25) is 29.5 Å². The van der Waals surface area contributed by atoms with E-state index in [2.05, 4.69) is 21.3 Å². The van der Waals surface area contributed by atoms with Crippen LogP contribution in [0.15, 0.2) is 48.6 Å². The summed E-state index contributed by atoms with van der Waals surface area (Å²) >= 11 is 0. The Morgan fingerprint density at radius 2 is 1.51 bits per heavy atom. The maximum Gasteiger partial charge on any atom is 0.282 e. The minimum Gasteiger partial charge on any atom is -0.368 e. The van der Waals surface area contributed by atoms with Crippen LogP contribution in [-0.2, 0) is 30.4 Å². The molecule has 1 aromatic carbocycles. The molecule has 0 heterocycles. The zero-order valence-electron chi connectivity index (χ0n) is 29.2. The highest BCUT2D eigenvalue weighted by molar-refractivity contribution is 6.88. The number of allylic oxidation sites excluding steroid dienone is 4. The number of primary amides is 1. The summed E-state index contributed by atoms with van der Waals surface area (Å²) in [7, 11) is -3.20. The fourth-order valence-corrected chi connectivity index (χ4v) is 8.66. The van der Waals surface area contributed by atoms with Gasteiger partial charge in [0, 0.05) is 19.4 Å². The summed E-state index contributed by atoms with van der Waals surface area (Å²) in [4.78, 5) is 62.1. The van der Waals surface area contributed by atoms with E-state index in [9.17, 15) is 24.0 Å². The first kappa shape index (κ1) is 41.2. The lowest BCUT2D eigenvalue weighted by Gasteiger charge is -2.31. The number of benzene rings is 1. The van der Waals surface area contributed by atoms with E-state index in [0.717, 1.165) is 17.2 Å². The molecular weight excluding hydrogens is 617 g/mol. The van der Waals surface area contributed by atoms with Crippen molar-refractivity contribution in [3.8, 4) is 0 Å². The number of nitrogens with one attached hydrogen (secondary N) is 4. The Hall–Kier alpha value is -3.80. The van der Waals surface area contributed by atoms with Crippen LogP contribution in [0.25, 0.3) is 0 Å². The summed E-state index contributed by atoms with van der Waals surface area (Å²) in [6, 6.07) is 5.75. The van der Waals surface area contributed by atoms with Gasteiger partial charge in [0.25, 0.3) is 8.41 Å². The molecule has 0 aliphatic heterocycles. The van der Waals surface area contributed by atoms with Crippen LogP contribution in [0.2, 0.25) is 11.1 Å². The molecule has 12 heteroatoms. The number of carbonyl (C=O) groups is 5. The van der Waals surface area contributed by atoms with Crippen molar-refractivity contribution in [1.82, 2.24) is 21.3 Å². The Labute approximate surface area is 281 Å². The lowest BCUT2D eigenvalue weighted by atomic mass is 10.0. The predicted molar refractivity (Wildman–Crippen MR) is 188 cm³/mol. The highest BCUT2D eigenvalue weighted by Gasteiger charge is 2.43. The van der Waals surface area contributed by atoms with Gasteiger partial charge in [-0.05, 0) is 53.4 Å². The Kier molecular flexibility index (Phi) is 18.5. The third-order valence-electron chi connectivity index (χ3n) is 7.94. The number of amides is 5. The molecule has 0 saturated heterocycles. The molecule has 0 radical (unpaired) electrons. The fourth-order valence-electron chi connectivity index (χ4n) is 5.23. The average Bonchev–Trinajstić information content (AvgIpc) is 3.01. The summed E-state index contributed by atoms with van der Waals surface area (Å²) < 4.78 is 16.1. The molecule has 0 aliphatic rings. The normalized spacial score (nSPS) is 13.3. The Balaban J connectivity index is 2.72. The molecule has 1 aromatic rings. The molecule has 1 rings (SSSR count). The lowest BCUT2D eigenvalue weighted by molar-refractivity contribution is -0.131. The number of rotatable bonds is 21. The third kappa shape index (κ3) is 14.7. The predicted octanol–water partition coefficient (Wildman–Crippen LogP) is 3.60. The van der Waals surface area contributed by atoms with E-state index in [-0.39, 0.29) is 48.8 Å². The number of hydrogen-bond acceptors (Lipinski definition) is 5. The standard InChI is InChI=1S/C35H56FN5O5Si/c1-8-9-10-11-12-13-17-29(34(45)39-23-30(37)42)40-32(44)20-21-38-35(46)33(24(2)3)41-31(43)19-18-27-15-14-16-28(22-27)47(36,25(4)5)26(6)7/h9-12,14-16,22,24-26,29,33H,8,13,17-21,23H2,1-7H3,(H2,37,42)(H,38,46)(H,39,45)(H,40,44)(H,41,43)/b10-9-,12-11-/t29-,33?/m0/s1.